The SMILES string of the molecule is Cc1cccc(C(=O)NC2CC(F)(F)CC3(CCN(c4ccc(F)cn4)C3=O)C2)n1. The van der Waals surface area contributed by atoms with Crippen LogP contribution < -0.4 is 10.2 Å². The first kappa shape index (κ1) is 20.3. The average Bonchev–Trinajstić information content (AvgIpc) is 2.96. The Morgan fingerprint density at radius 1 is 1.23 bits per heavy atom. The van der Waals surface area contributed by atoms with Crippen molar-refractivity contribution in [2.75, 3.05) is 11.4 Å². The molecule has 2 aromatic rings. The molecule has 0 radical (unpaired) electrons. The molecular weight excluding hydrogens is 397 g/mol. The van der Waals surface area contributed by atoms with Crippen molar-refractivity contribution in [1.82, 2.24) is 15.3 Å². The Morgan fingerprint density at radius 3 is 2.73 bits per heavy atom. The Hall–Kier alpha value is -2.97. The highest BCUT2D eigenvalue weighted by Gasteiger charge is 2.57. The summed E-state index contributed by atoms with van der Waals surface area (Å²) in [5, 5.41) is 2.63. The number of nitrogens with zero attached hydrogens (tertiary/aromatic N) is 3. The highest BCUT2D eigenvalue weighted by atomic mass is 19.3. The Bertz CT molecular complexity index is 982. The molecule has 0 aromatic carbocycles. The molecule has 2 unspecified atom stereocenters. The summed E-state index contributed by atoms with van der Waals surface area (Å²) >= 11 is 0. The van der Waals surface area contributed by atoms with Crippen LogP contribution in [0.4, 0.5) is 19.0 Å². The summed E-state index contributed by atoms with van der Waals surface area (Å²) in [6.45, 7) is 1.95. The molecule has 2 aliphatic rings. The second-order valence-corrected chi connectivity index (χ2v) is 8.10. The van der Waals surface area contributed by atoms with Gasteiger partial charge in [-0.15, -0.1) is 0 Å². The molecule has 2 aromatic heterocycles. The molecule has 0 bridgehead atoms. The summed E-state index contributed by atoms with van der Waals surface area (Å²) in [4.78, 5) is 35.0. The van der Waals surface area contributed by atoms with Gasteiger partial charge in [-0.1, -0.05) is 6.07 Å². The van der Waals surface area contributed by atoms with E-state index in [0.717, 1.165) is 6.20 Å². The summed E-state index contributed by atoms with van der Waals surface area (Å²) in [5.74, 6) is -4.42. The van der Waals surface area contributed by atoms with Crippen LogP contribution in [-0.4, -0.2) is 40.3 Å². The van der Waals surface area contributed by atoms with Gasteiger partial charge in [0.25, 0.3) is 11.8 Å². The molecule has 3 heterocycles. The van der Waals surface area contributed by atoms with Crippen LogP contribution >= 0.6 is 0 Å². The third kappa shape index (κ3) is 3.88. The average molecular weight is 418 g/mol. The van der Waals surface area contributed by atoms with Crippen molar-refractivity contribution >= 4 is 17.6 Å². The van der Waals surface area contributed by atoms with Crippen LogP contribution in [0.25, 0.3) is 0 Å². The predicted octanol–water partition coefficient (Wildman–Crippen LogP) is 3.27. The predicted molar refractivity (Wildman–Crippen MR) is 103 cm³/mol. The molecule has 4 rings (SSSR count). The van der Waals surface area contributed by atoms with Crippen LogP contribution in [0.3, 0.4) is 0 Å². The van der Waals surface area contributed by atoms with Gasteiger partial charge in [0, 0.05) is 31.1 Å². The zero-order valence-electron chi connectivity index (χ0n) is 16.4. The standard InChI is InChI=1S/C21H21F3N4O2/c1-13-3-2-4-16(26-13)18(29)27-15-9-20(12-21(23,24)10-15)7-8-28(19(20)30)17-6-5-14(22)11-25-17/h2-6,11,15H,7-10,12H2,1H3,(H,27,29). The van der Waals surface area contributed by atoms with E-state index in [2.05, 4.69) is 15.3 Å². The van der Waals surface area contributed by atoms with Crippen LogP contribution in [0.1, 0.15) is 41.9 Å². The number of hydrogen-bond donors (Lipinski definition) is 1. The van der Waals surface area contributed by atoms with E-state index >= 15 is 0 Å². The van der Waals surface area contributed by atoms with Gasteiger partial charge in [0.1, 0.15) is 17.3 Å². The third-order valence-corrected chi connectivity index (χ3v) is 5.74. The molecule has 2 atom stereocenters. The molecule has 2 fully saturated rings. The maximum absolute atomic E-state index is 14.6. The number of hydrogen-bond acceptors (Lipinski definition) is 4. The van der Waals surface area contributed by atoms with E-state index in [-0.39, 0.29) is 30.9 Å². The van der Waals surface area contributed by atoms with Crippen molar-refractivity contribution in [3.05, 3.63) is 53.7 Å². The van der Waals surface area contributed by atoms with Gasteiger partial charge in [-0.25, -0.2) is 23.1 Å². The third-order valence-electron chi connectivity index (χ3n) is 5.74. The van der Waals surface area contributed by atoms with E-state index in [0.29, 0.717) is 5.69 Å². The summed E-state index contributed by atoms with van der Waals surface area (Å²) < 4.78 is 42.4. The highest BCUT2D eigenvalue weighted by Crippen LogP contribution is 2.51. The number of rotatable bonds is 3. The minimum atomic E-state index is -3.10. The van der Waals surface area contributed by atoms with E-state index in [1.165, 1.54) is 23.1 Å². The maximum Gasteiger partial charge on any atom is 0.270 e. The normalized spacial score (nSPS) is 25.5. The molecule has 1 saturated carbocycles. The molecule has 9 heteroatoms. The minimum absolute atomic E-state index is 0.108. The highest BCUT2D eigenvalue weighted by molar-refractivity contribution is 5.99. The van der Waals surface area contributed by atoms with Gasteiger partial charge in [-0.05, 0) is 44.0 Å². The number of anilines is 1. The lowest BCUT2D eigenvalue weighted by molar-refractivity contribution is -0.140. The first-order valence-corrected chi connectivity index (χ1v) is 9.73. The molecule has 1 spiro atoms. The van der Waals surface area contributed by atoms with E-state index in [1.54, 1.807) is 19.1 Å². The molecular formula is C21H21F3N4O2. The fraction of sp³-hybridized carbons (Fsp3) is 0.429. The summed E-state index contributed by atoms with van der Waals surface area (Å²) in [7, 11) is 0. The second-order valence-electron chi connectivity index (χ2n) is 8.10. The zero-order chi connectivity index (χ0) is 21.5. The number of nitrogens with one attached hydrogen (secondary N) is 1. The monoisotopic (exact) mass is 418 g/mol. The summed E-state index contributed by atoms with van der Waals surface area (Å²) in [5.41, 5.74) is -0.509. The lowest BCUT2D eigenvalue weighted by Crippen LogP contribution is -2.52. The van der Waals surface area contributed by atoms with E-state index in [1.807, 2.05) is 0 Å². The Balaban J connectivity index is 1.54. The van der Waals surface area contributed by atoms with Crippen LogP contribution in [0.5, 0.6) is 0 Å². The fourth-order valence-corrected chi connectivity index (χ4v) is 4.49. The molecule has 158 valence electrons. The van der Waals surface area contributed by atoms with Gasteiger partial charge in [0.15, 0.2) is 0 Å². The number of pyridine rings is 2. The van der Waals surface area contributed by atoms with Gasteiger partial charge < -0.3 is 5.32 Å². The van der Waals surface area contributed by atoms with E-state index in [4.69, 9.17) is 0 Å². The smallest absolute Gasteiger partial charge is 0.270 e. The number of carbonyl (C=O) groups is 2. The molecule has 1 aliphatic heterocycles. The minimum Gasteiger partial charge on any atom is -0.348 e. The topological polar surface area (TPSA) is 75.2 Å². The second kappa shape index (κ2) is 7.37. The van der Waals surface area contributed by atoms with Crippen molar-refractivity contribution in [3.63, 3.8) is 0 Å². The fourth-order valence-electron chi connectivity index (χ4n) is 4.49. The number of carbonyl (C=O) groups excluding carboxylic acids is 2. The van der Waals surface area contributed by atoms with Crippen LogP contribution in [0.15, 0.2) is 36.5 Å². The lowest BCUT2D eigenvalue weighted by atomic mass is 9.69. The quantitative estimate of drug-likeness (QED) is 0.830. The van der Waals surface area contributed by atoms with Crippen LogP contribution in [0.2, 0.25) is 0 Å². The van der Waals surface area contributed by atoms with Gasteiger partial charge in [-0.2, -0.15) is 0 Å². The van der Waals surface area contributed by atoms with Gasteiger partial charge in [0.2, 0.25) is 5.91 Å². The van der Waals surface area contributed by atoms with Crippen molar-refractivity contribution < 1.29 is 22.8 Å². The molecule has 2 amide bonds. The van der Waals surface area contributed by atoms with Gasteiger partial charge in [-0.3, -0.25) is 14.5 Å². The molecule has 1 N–H and O–H groups in total. The number of aromatic nitrogens is 2. The van der Waals surface area contributed by atoms with Crippen LogP contribution in [0, 0.1) is 18.2 Å². The Labute approximate surface area is 171 Å². The molecule has 6 nitrogen and oxygen atoms in total. The Morgan fingerprint density at radius 2 is 2.03 bits per heavy atom. The van der Waals surface area contributed by atoms with Crippen molar-refractivity contribution in [2.45, 2.75) is 44.6 Å². The van der Waals surface area contributed by atoms with Crippen molar-refractivity contribution in [2.24, 2.45) is 5.41 Å². The number of alkyl halides is 2. The zero-order valence-corrected chi connectivity index (χ0v) is 16.4. The summed E-state index contributed by atoms with van der Waals surface area (Å²) in [6.07, 6.45) is 0.202. The number of halogens is 3. The molecule has 1 saturated heterocycles. The molecule has 1 aliphatic carbocycles. The first-order chi connectivity index (χ1) is 14.2. The largest absolute Gasteiger partial charge is 0.348 e. The van der Waals surface area contributed by atoms with Crippen LogP contribution in [-0.2, 0) is 4.79 Å². The van der Waals surface area contributed by atoms with Gasteiger partial charge >= 0.3 is 0 Å². The summed E-state index contributed by atoms with van der Waals surface area (Å²) in [6, 6.07) is 6.58. The van der Waals surface area contributed by atoms with E-state index < -0.39 is 47.9 Å². The molecule has 30 heavy (non-hydrogen) atoms. The Kier molecular flexibility index (Phi) is 4.99. The van der Waals surface area contributed by atoms with Gasteiger partial charge in [0.05, 0.1) is 11.6 Å². The lowest BCUT2D eigenvalue weighted by Gasteiger charge is -2.40. The maximum atomic E-state index is 14.6. The van der Waals surface area contributed by atoms with Crippen molar-refractivity contribution in [1.29, 1.82) is 0 Å². The van der Waals surface area contributed by atoms with Crippen molar-refractivity contribution in [3.8, 4) is 0 Å². The number of aryl methyl sites for hydroxylation is 1. The number of amides is 2. The first-order valence-electron chi connectivity index (χ1n) is 9.73. The van der Waals surface area contributed by atoms with E-state index in [9.17, 15) is 22.8 Å².